The Bertz CT molecular complexity index is 2000. The van der Waals surface area contributed by atoms with Gasteiger partial charge >= 0.3 is 0 Å². The van der Waals surface area contributed by atoms with Crippen LogP contribution < -0.4 is 15.0 Å². The van der Waals surface area contributed by atoms with E-state index in [1.807, 2.05) is 0 Å². The third kappa shape index (κ3) is 5.50. The van der Waals surface area contributed by atoms with Gasteiger partial charge in [0.15, 0.2) is 17.9 Å². The highest BCUT2D eigenvalue weighted by Crippen LogP contribution is 2.52. The number of para-hydroxylation sites is 1. The smallest absolute Gasteiger partial charge is 0.251 e. The molecular weight excluding hydrogens is 664 g/mol. The lowest BCUT2D eigenvalue weighted by atomic mass is 9.72. The Kier molecular flexibility index (Phi) is 8.55. The molecule has 2 saturated heterocycles. The van der Waals surface area contributed by atoms with Gasteiger partial charge in [0.25, 0.3) is 5.91 Å². The van der Waals surface area contributed by atoms with Gasteiger partial charge in [-0.25, -0.2) is 4.90 Å². The van der Waals surface area contributed by atoms with Gasteiger partial charge in [0, 0.05) is 42.0 Å². The van der Waals surface area contributed by atoms with Gasteiger partial charge in [0.1, 0.15) is 22.8 Å². The molecule has 0 bridgehead atoms. The van der Waals surface area contributed by atoms with Crippen LogP contribution in [0.1, 0.15) is 82.2 Å². The minimum absolute atomic E-state index is 0.0528. The number of methoxy groups -OCH3 is 1. The number of fused-ring (bicyclic) bond motifs is 3. The Morgan fingerprint density at radius 3 is 2.37 bits per heavy atom. The molecule has 2 heterocycles. The molecule has 0 saturated carbocycles. The first-order chi connectivity index (χ1) is 24.2. The molecule has 14 nitrogen and oxygen atoms in total. The molecule has 2 amide bonds. The molecule has 2 aliphatic carbocycles. The minimum Gasteiger partial charge on any atom is -0.507 e. The number of aromatic hydroxyl groups is 2. The molecule has 2 fully saturated rings. The number of Topliss-reactive ketones (excluding diaryl/α,β-unsaturated/α-hetero) is 1. The van der Waals surface area contributed by atoms with Crippen molar-refractivity contribution in [3.05, 3.63) is 81.9 Å². The van der Waals surface area contributed by atoms with Crippen molar-refractivity contribution in [2.75, 3.05) is 12.0 Å². The van der Waals surface area contributed by atoms with Crippen molar-refractivity contribution >= 4 is 34.9 Å². The predicted octanol–water partition coefficient (Wildman–Crippen LogP) is 1.99. The number of carbonyl (C=O) groups is 5. The highest BCUT2D eigenvalue weighted by atomic mass is 16.7. The number of aliphatic hydroxyl groups excluding tert-OH is 1. The first-order valence-corrected chi connectivity index (χ1v) is 16.5. The van der Waals surface area contributed by atoms with Crippen molar-refractivity contribution in [2.45, 2.75) is 81.8 Å². The van der Waals surface area contributed by atoms with Gasteiger partial charge in [0.05, 0.1) is 60.3 Å². The summed E-state index contributed by atoms with van der Waals surface area (Å²) in [6.45, 7) is 2.73. The molecule has 7 unspecified atom stereocenters. The van der Waals surface area contributed by atoms with Crippen LogP contribution in [0, 0.1) is 0 Å². The highest BCUT2D eigenvalue weighted by Gasteiger charge is 2.50. The maximum absolute atomic E-state index is 13.9. The Morgan fingerprint density at radius 1 is 0.980 bits per heavy atom. The van der Waals surface area contributed by atoms with Crippen LogP contribution in [0.4, 0.5) is 5.69 Å². The summed E-state index contributed by atoms with van der Waals surface area (Å²) in [4.78, 5) is 67.7. The van der Waals surface area contributed by atoms with E-state index >= 15 is 0 Å². The number of hydrogen-bond acceptors (Lipinski definition) is 13. The Morgan fingerprint density at radius 2 is 1.69 bits per heavy atom. The number of ether oxygens (including phenoxy) is 3. The Labute approximate surface area is 291 Å². The second kappa shape index (κ2) is 12.7. The largest absolute Gasteiger partial charge is 0.507 e. The Balaban J connectivity index is 1.22. The van der Waals surface area contributed by atoms with Crippen LogP contribution in [0.3, 0.4) is 0 Å². The molecule has 0 aromatic heterocycles. The molecule has 2 aliphatic heterocycles. The number of nitrogens with zero attached hydrogens (tertiary/aromatic N) is 1. The minimum atomic E-state index is -2.10. The molecule has 0 radical (unpaired) electrons. The number of amides is 2. The average molecular weight is 701 g/mol. The lowest BCUT2D eigenvalue weighted by Crippen LogP contribution is -2.57. The maximum Gasteiger partial charge on any atom is 0.251 e. The van der Waals surface area contributed by atoms with Gasteiger partial charge in [-0.15, -0.1) is 0 Å². The topological polar surface area (TPSA) is 209 Å². The lowest BCUT2D eigenvalue weighted by molar-refractivity contribution is -0.250. The van der Waals surface area contributed by atoms with Gasteiger partial charge in [-0.3, -0.25) is 29.3 Å². The van der Waals surface area contributed by atoms with Crippen LogP contribution in [-0.2, 0) is 30.3 Å². The number of benzene rings is 3. The van der Waals surface area contributed by atoms with Crippen LogP contribution in [0.2, 0.25) is 0 Å². The molecule has 4 aliphatic rings. The number of hydrogen-bond donors (Lipinski definition) is 5. The van der Waals surface area contributed by atoms with E-state index in [4.69, 9.17) is 14.2 Å². The highest BCUT2D eigenvalue weighted by molar-refractivity contribution is 6.31. The predicted molar refractivity (Wildman–Crippen MR) is 177 cm³/mol. The Hall–Kier alpha value is -4.99. The zero-order valence-electron chi connectivity index (χ0n) is 27.9. The first-order valence-electron chi connectivity index (χ1n) is 16.5. The third-order valence-corrected chi connectivity index (χ3v) is 10.3. The average Bonchev–Trinajstić information content (AvgIpc) is 3.38. The maximum atomic E-state index is 13.9. The SMILES string of the molecule is COc1cccc2c1C(=O)c1c(O)c3c(c(O)c1C2=O)CC(O)(C(C)=O)CC3OC1CC(NC2CC(=O)N(c3ccccc3)C2=O)C(O)C(C)O1. The van der Waals surface area contributed by atoms with Crippen molar-refractivity contribution in [1.82, 2.24) is 5.32 Å². The zero-order valence-corrected chi connectivity index (χ0v) is 27.9. The normalized spacial score (nSPS) is 28.7. The standard InChI is InChI=1S/C37H36N2O12/c1-16-31(42)21(38-22-12-25(41)39(36(22)47)18-8-5-4-6-9-18)13-26(50-16)51-24-15-37(48,17(2)40)14-20-28(24)35(46)30-29(33(20)44)32(43)19-10-7-11-23(49-3)27(19)34(30)45/h4-11,16,21-22,24,26,31,38,42,44,46,48H,12-15H2,1-3H3. The second-order valence-electron chi connectivity index (χ2n) is 13.4. The monoisotopic (exact) mass is 700 g/mol. The summed E-state index contributed by atoms with van der Waals surface area (Å²) in [5.74, 6) is -4.39. The fourth-order valence-electron chi connectivity index (χ4n) is 7.66. The number of phenolic OH excluding ortho intramolecular Hbond substituents is 2. The summed E-state index contributed by atoms with van der Waals surface area (Å²) in [6.07, 6.45) is -5.71. The lowest BCUT2D eigenvalue weighted by Gasteiger charge is -2.43. The fourth-order valence-corrected chi connectivity index (χ4v) is 7.66. The molecule has 3 aromatic carbocycles. The quantitative estimate of drug-likeness (QED) is 0.138. The number of imide groups is 1. The van der Waals surface area contributed by atoms with E-state index in [-0.39, 0.29) is 40.8 Å². The molecule has 7 rings (SSSR count). The number of rotatable bonds is 7. The van der Waals surface area contributed by atoms with Gasteiger partial charge in [-0.05, 0) is 32.0 Å². The number of ketones is 3. The van der Waals surface area contributed by atoms with Crippen LogP contribution in [0.25, 0.3) is 0 Å². The summed E-state index contributed by atoms with van der Waals surface area (Å²) in [5.41, 5.74) is -3.05. The van der Waals surface area contributed by atoms with E-state index < -0.39 is 107 Å². The summed E-state index contributed by atoms with van der Waals surface area (Å²) in [7, 11) is 1.32. The van der Waals surface area contributed by atoms with Gasteiger partial charge in [-0.2, -0.15) is 0 Å². The number of carbonyl (C=O) groups excluding carboxylic acids is 5. The number of nitrogens with one attached hydrogen (secondary N) is 1. The van der Waals surface area contributed by atoms with E-state index in [0.29, 0.717) is 5.69 Å². The van der Waals surface area contributed by atoms with E-state index in [9.17, 15) is 44.4 Å². The van der Waals surface area contributed by atoms with E-state index in [1.54, 1.807) is 37.3 Å². The summed E-state index contributed by atoms with van der Waals surface area (Å²) < 4.78 is 17.6. The number of anilines is 1. The van der Waals surface area contributed by atoms with Crippen LogP contribution in [0.5, 0.6) is 17.2 Å². The number of aliphatic hydroxyl groups is 2. The van der Waals surface area contributed by atoms with Crippen molar-refractivity contribution in [3.63, 3.8) is 0 Å². The molecule has 266 valence electrons. The second-order valence-corrected chi connectivity index (χ2v) is 13.4. The van der Waals surface area contributed by atoms with Gasteiger partial charge < -0.3 is 34.6 Å². The molecule has 0 spiro atoms. The van der Waals surface area contributed by atoms with Crippen LogP contribution in [-0.4, -0.2) is 92.9 Å². The van der Waals surface area contributed by atoms with Crippen LogP contribution in [0.15, 0.2) is 48.5 Å². The van der Waals surface area contributed by atoms with E-state index in [0.717, 1.165) is 11.8 Å². The fraction of sp³-hybridized carbons (Fsp3) is 0.378. The molecular formula is C37H36N2O12. The summed E-state index contributed by atoms with van der Waals surface area (Å²) >= 11 is 0. The molecule has 5 N–H and O–H groups in total. The van der Waals surface area contributed by atoms with Crippen LogP contribution >= 0.6 is 0 Å². The summed E-state index contributed by atoms with van der Waals surface area (Å²) in [6, 6.07) is 11.0. The van der Waals surface area contributed by atoms with Crippen molar-refractivity contribution in [3.8, 4) is 17.2 Å². The van der Waals surface area contributed by atoms with Gasteiger partial charge in [-0.1, -0.05) is 30.3 Å². The van der Waals surface area contributed by atoms with E-state index in [2.05, 4.69) is 5.32 Å². The van der Waals surface area contributed by atoms with E-state index in [1.165, 1.54) is 25.3 Å². The van der Waals surface area contributed by atoms with Crippen molar-refractivity contribution in [1.29, 1.82) is 0 Å². The van der Waals surface area contributed by atoms with Gasteiger partial charge in [0.2, 0.25) is 11.7 Å². The molecule has 51 heavy (non-hydrogen) atoms. The zero-order chi connectivity index (χ0) is 36.5. The number of phenols is 2. The van der Waals surface area contributed by atoms with Crippen molar-refractivity contribution < 1.29 is 58.6 Å². The molecule has 3 aromatic rings. The first kappa shape index (κ1) is 34.5. The molecule has 7 atom stereocenters. The van der Waals surface area contributed by atoms with Crippen molar-refractivity contribution in [2.24, 2.45) is 0 Å². The third-order valence-electron chi connectivity index (χ3n) is 10.3. The molecule has 14 heteroatoms. The summed E-state index contributed by atoms with van der Waals surface area (Å²) in [5, 5.41) is 49.0.